The van der Waals surface area contributed by atoms with Crippen LogP contribution in [0.15, 0.2) is 47.4 Å². The fourth-order valence-corrected chi connectivity index (χ4v) is 3.02. The lowest BCUT2D eigenvalue weighted by atomic mass is 10.1. The van der Waals surface area contributed by atoms with Gasteiger partial charge in [-0.1, -0.05) is 12.1 Å². The molecule has 0 spiro atoms. The number of hydrogen-bond acceptors (Lipinski definition) is 7. The summed E-state index contributed by atoms with van der Waals surface area (Å²) in [5.41, 5.74) is -0.294. The first kappa shape index (κ1) is 24.2. The Hall–Kier alpha value is -4.05. The van der Waals surface area contributed by atoms with Crippen molar-refractivity contribution in [2.24, 2.45) is 5.14 Å². The highest BCUT2D eigenvalue weighted by Crippen LogP contribution is 2.34. The minimum Gasteiger partial charge on any atom is -0.312 e. The fourth-order valence-electron chi connectivity index (χ4n) is 2.28. The second-order valence-electron chi connectivity index (χ2n) is 5.89. The number of halogens is 3. The van der Waals surface area contributed by atoms with Gasteiger partial charge >= 0.3 is 18.0 Å². The van der Waals surface area contributed by atoms with Crippen molar-refractivity contribution >= 4 is 39.1 Å². The Kier molecular flexibility index (Phi) is 6.80. The highest BCUT2D eigenvalue weighted by atomic mass is 32.2. The summed E-state index contributed by atoms with van der Waals surface area (Å²) in [5, 5.41) is 17.7. The Morgan fingerprint density at radius 1 is 1.00 bits per heavy atom. The molecular formula is C16H12F3N5O7S. The smallest absolute Gasteiger partial charge is 0.312 e. The highest BCUT2D eigenvalue weighted by molar-refractivity contribution is 7.89. The molecule has 0 atom stereocenters. The van der Waals surface area contributed by atoms with Crippen LogP contribution in [0.2, 0.25) is 0 Å². The molecule has 0 saturated heterocycles. The van der Waals surface area contributed by atoms with E-state index in [1.165, 1.54) is 12.1 Å². The van der Waals surface area contributed by atoms with Crippen molar-refractivity contribution in [3.8, 4) is 0 Å². The van der Waals surface area contributed by atoms with Gasteiger partial charge in [0.2, 0.25) is 10.0 Å². The molecule has 0 aromatic heterocycles. The zero-order valence-electron chi connectivity index (χ0n) is 15.5. The molecule has 3 amide bonds. The number of sulfonamides is 1. The van der Waals surface area contributed by atoms with E-state index in [-0.39, 0.29) is 6.07 Å². The second kappa shape index (κ2) is 8.98. The molecule has 0 aliphatic rings. The SMILES string of the molecule is NS(=O)(=O)c1ccccc1C(=O)NNC(=O)C(=O)Nc1ccc(C(F)(F)F)cc1[N+](=O)[O-]. The molecule has 12 nitrogen and oxygen atoms in total. The first-order chi connectivity index (χ1) is 14.7. The van der Waals surface area contributed by atoms with E-state index in [4.69, 9.17) is 5.14 Å². The van der Waals surface area contributed by atoms with Crippen molar-refractivity contribution in [3.63, 3.8) is 0 Å². The van der Waals surface area contributed by atoms with Crippen molar-refractivity contribution in [1.29, 1.82) is 0 Å². The Balaban J connectivity index is 2.13. The molecule has 5 N–H and O–H groups in total. The summed E-state index contributed by atoms with van der Waals surface area (Å²) in [7, 11) is -4.30. The zero-order valence-corrected chi connectivity index (χ0v) is 16.3. The summed E-state index contributed by atoms with van der Waals surface area (Å²) in [5.74, 6) is -4.31. The third kappa shape index (κ3) is 5.76. The summed E-state index contributed by atoms with van der Waals surface area (Å²) < 4.78 is 61.1. The van der Waals surface area contributed by atoms with Crippen LogP contribution < -0.4 is 21.3 Å². The number of nitrogens with two attached hydrogens (primary N) is 1. The molecule has 32 heavy (non-hydrogen) atoms. The van der Waals surface area contributed by atoms with E-state index in [9.17, 15) is 46.1 Å². The maximum absolute atomic E-state index is 12.7. The average molecular weight is 475 g/mol. The predicted octanol–water partition coefficient (Wildman–Crippen LogP) is 0.661. The number of nitro benzene ring substituents is 1. The molecule has 170 valence electrons. The number of anilines is 1. The van der Waals surface area contributed by atoms with Crippen LogP contribution in [0.3, 0.4) is 0 Å². The maximum Gasteiger partial charge on any atom is 0.416 e. The minimum absolute atomic E-state index is 0.166. The molecule has 0 saturated carbocycles. The fraction of sp³-hybridized carbons (Fsp3) is 0.0625. The lowest BCUT2D eigenvalue weighted by molar-refractivity contribution is -0.384. The largest absolute Gasteiger partial charge is 0.416 e. The molecule has 0 radical (unpaired) electrons. The number of primary sulfonamides is 1. The first-order valence-corrected chi connectivity index (χ1v) is 9.65. The Labute approximate surface area is 176 Å². The summed E-state index contributed by atoms with van der Waals surface area (Å²) in [6.45, 7) is 0. The summed E-state index contributed by atoms with van der Waals surface area (Å²) in [4.78, 5) is 45.1. The van der Waals surface area contributed by atoms with E-state index in [0.29, 0.717) is 12.1 Å². The van der Waals surface area contributed by atoms with E-state index in [1.54, 1.807) is 16.2 Å². The van der Waals surface area contributed by atoms with E-state index in [0.717, 1.165) is 12.1 Å². The lowest BCUT2D eigenvalue weighted by Crippen LogP contribution is -2.47. The topological polar surface area (TPSA) is 191 Å². The van der Waals surface area contributed by atoms with Crippen molar-refractivity contribution in [2.45, 2.75) is 11.1 Å². The number of hydrogen-bond donors (Lipinski definition) is 4. The number of rotatable bonds is 4. The number of carbonyl (C=O) groups is 3. The van der Waals surface area contributed by atoms with Gasteiger partial charge in [0, 0.05) is 6.07 Å². The molecule has 16 heteroatoms. The third-order valence-electron chi connectivity index (χ3n) is 3.70. The van der Waals surface area contributed by atoms with Crippen LogP contribution in [0.25, 0.3) is 0 Å². The van der Waals surface area contributed by atoms with Crippen molar-refractivity contribution in [2.75, 3.05) is 5.32 Å². The minimum atomic E-state index is -4.89. The Bertz CT molecular complexity index is 1210. The van der Waals surface area contributed by atoms with Gasteiger partial charge in [-0.15, -0.1) is 0 Å². The van der Waals surface area contributed by atoms with Crippen LogP contribution in [0.5, 0.6) is 0 Å². The van der Waals surface area contributed by atoms with Gasteiger partial charge in [-0.05, 0) is 24.3 Å². The van der Waals surface area contributed by atoms with Crippen molar-refractivity contribution in [1.82, 2.24) is 10.9 Å². The number of hydrazine groups is 1. The summed E-state index contributed by atoms with van der Waals surface area (Å²) in [6, 6.07) is 5.84. The number of nitrogens with zero attached hydrogens (tertiary/aromatic N) is 1. The predicted molar refractivity (Wildman–Crippen MR) is 100 cm³/mol. The Morgan fingerprint density at radius 2 is 1.62 bits per heavy atom. The molecule has 0 unspecified atom stereocenters. The van der Waals surface area contributed by atoms with Crippen LogP contribution in [-0.4, -0.2) is 31.1 Å². The zero-order chi connectivity index (χ0) is 24.3. The van der Waals surface area contributed by atoms with Gasteiger partial charge in [-0.2, -0.15) is 13.2 Å². The molecular weight excluding hydrogens is 463 g/mol. The lowest BCUT2D eigenvalue weighted by Gasteiger charge is -2.11. The van der Waals surface area contributed by atoms with Gasteiger partial charge in [0.05, 0.1) is 20.9 Å². The summed E-state index contributed by atoms with van der Waals surface area (Å²) in [6.07, 6.45) is -4.89. The number of amides is 3. The number of carbonyl (C=O) groups excluding carboxylic acids is 3. The molecule has 0 fully saturated rings. The molecule has 2 aromatic rings. The van der Waals surface area contributed by atoms with Gasteiger partial charge in [-0.3, -0.25) is 35.3 Å². The van der Waals surface area contributed by atoms with Crippen LogP contribution in [0.4, 0.5) is 24.5 Å². The van der Waals surface area contributed by atoms with Crippen LogP contribution in [-0.2, 0) is 25.8 Å². The van der Waals surface area contributed by atoms with Gasteiger partial charge in [0.15, 0.2) is 0 Å². The normalized spacial score (nSPS) is 11.4. The summed E-state index contributed by atoms with van der Waals surface area (Å²) >= 11 is 0. The standard InChI is InChI=1S/C16H12F3N5O7S/c17-16(18,19)8-5-6-10(11(7-8)24(28)29)21-14(26)15(27)23-22-13(25)9-3-1-2-4-12(9)32(20,30)31/h1-7H,(H,21,26)(H,22,25)(H,23,27)(H2,20,30,31). The molecule has 0 heterocycles. The number of nitrogens with one attached hydrogen (secondary N) is 3. The van der Waals surface area contributed by atoms with Gasteiger partial charge in [0.25, 0.3) is 11.6 Å². The van der Waals surface area contributed by atoms with Crippen molar-refractivity contribution < 1.29 is 40.9 Å². The number of nitro groups is 1. The molecule has 2 aromatic carbocycles. The average Bonchev–Trinajstić information content (AvgIpc) is 2.70. The van der Waals surface area contributed by atoms with Crippen LogP contribution in [0, 0.1) is 10.1 Å². The van der Waals surface area contributed by atoms with E-state index >= 15 is 0 Å². The number of alkyl halides is 3. The monoisotopic (exact) mass is 475 g/mol. The second-order valence-corrected chi connectivity index (χ2v) is 7.42. The van der Waals surface area contributed by atoms with Crippen molar-refractivity contribution in [3.05, 3.63) is 63.7 Å². The van der Waals surface area contributed by atoms with E-state index < -0.39 is 66.2 Å². The number of benzene rings is 2. The molecule has 0 aliphatic heterocycles. The first-order valence-electron chi connectivity index (χ1n) is 8.11. The molecule has 0 bridgehead atoms. The van der Waals surface area contributed by atoms with Gasteiger partial charge in [-0.25, -0.2) is 13.6 Å². The molecule has 0 aliphatic carbocycles. The third-order valence-corrected chi connectivity index (χ3v) is 4.67. The van der Waals surface area contributed by atoms with Crippen LogP contribution >= 0.6 is 0 Å². The van der Waals surface area contributed by atoms with Crippen LogP contribution in [0.1, 0.15) is 15.9 Å². The quantitative estimate of drug-likeness (QED) is 0.283. The van der Waals surface area contributed by atoms with Gasteiger partial charge < -0.3 is 5.32 Å². The van der Waals surface area contributed by atoms with E-state index in [2.05, 4.69) is 0 Å². The maximum atomic E-state index is 12.7. The highest BCUT2D eigenvalue weighted by Gasteiger charge is 2.33. The van der Waals surface area contributed by atoms with Gasteiger partial charge in [0.1, 0.15) is 5.69 Å². The Morgan fingerprint density at radius 3 is 2.19 bits per heavy atom. The molecule has 2 rings (SSSR count). The van der Waals surface area contributed by atoms with E-state index in [1.807, 2.05) is 0 Å².